The van der Waals surface area contributed by atoms with E-state index < -0.39 is 17.2 Å². The fourth-order valence-corrected chi connectivity index (χ4v) is 3.31. The molecule has 0 bridgehead atoms. The minimum Gasteiger partial charge on any atom is -0.477 e. The van der Waals surface area contributed by atoms with Crippen LogP contribution in [0.1, 0.15) is 61.8 Å². The van der Waals surface area contributed by atoms with Gasteiger partial charge in [-0.15, -0.1) is 0 Å². The van der Waals surface area contributed by atoms with Gasteiger partial charge in [0, 0.05) is 30.2 Å². The fraction of sp³-hybridized carbons (Fsp3) is 0.500. The van der Waals surface area contributed by atoms with Crippen LogP contribution >= 0.6 is 0 Å². The SMILES string of the molecule is CCCCCC(N)CNc1cc2c(cc1F)c(=O)c(C(=O)O)cn2C1CC1. The number of carboxylic acids is 1. The predicted molar refractivity (Wildman–Crippen MR) is 104 cm³/mol. The first-order chi connectivity index (χ1) is 12.9. The van der Waals surface area contributed by atoms with Gasteiger partial charge in [-0.1, -0.05) is 26.2 Å². The Morgan fingerprint density at radius 3 is 2.78 bits per heavy atom. The molecule has 4 N–H and O–H groups in total. The second-order valence-corrected chi connectivity index (χ2v) is 7.30. The van der Waals surface area contributed by atoms with E-state index in [1.54, 1.807) is 10.6 Å². The summed E-state index contributed by atoms with van der Waals surface area (Å²) in [5.74, 6) is -1.87. The maximum atomic E-state index is 14.5. The number of nitrogens with two attached hydrogens (primary N) is 1. The lowest BCUT2D eigenvalue weighted by Crippen LogP contribution is -2.29. The van der Waals surface area contributed by atoms with Gasteiger partial charge in [-0.2, -0.15) is 0 Å². The molecule has 1 fully saturated rings. The summed E-state index contributed by atoms with van der Waals surface area (Å²) in [5.41, 5.74) is 5.94. The van der Waals surface area contributed by atoms with Crippen molar-refractivity contribution in [3.63, 3.8) is 0 Å². The molecule has 1 atom stereocenters. The number of hydrogen-bond donors (Lipinski definition) is 3. The number of fused-ring (bicyclic) bond motifs is 1. The normalized spacial score (nSPS) is 15.1. The summed E-state index contributed by atoms with van der Waals surface area (Å²) in [4.78, 5) is 23.8. The lowest BCUT2D eigenvalue weighted by atomic mass is 10.1. The molecule has 1 heterocycles. The molecule has 1 saturated carbocycles. The van der Waals surface area contributed by atoms with E-state index in [4.69, 9.17) is 5.73 Å². The average Bonchev–Trinajstić information content (AvgIpc) is 3.46. The molecule has 1 aliphatic rings. The van der Waals surface area contributed by atoms with Gasteiger partial charge in [0.1, 0.15) is 11.4 Å². The first kappa shape index (κ1) is 19.4. The number of anilines is 1. The summed E-state index contributed by atoms with van der Waals surface area (Å²) in [7, 11) is 0. The Labute approximate surface area is 157 Å². The Morgan fingerprint density at radius 2 is 2.15 bits per heavy atom. The highest BCUT2D eigenvalue weighted by atomic mass is 19.1. The van der Waals surface area contributed by atoms with Crippen molar-refractivity contribution < 1.29 is 14.3 Å². The van der Waals surface area contributed by atoms with Crippen LogP contribution in [-0.4, -0.2) is 28.2 Å². The molecular weight excluding hydrogens is 349 g/mol. The van der Waals surface area contributed by atoms with Crippen LogP contribution < -0.4 is 16.5 Å². The number of aromatic nitrogens is 1. The van der Waals surface area contributed by atoms with Crippen molar-refractivity contribution in [2.75, 3.05) is 11.9 Å². The van der Waals surface area contributed by atoms with Gasteiger partial charge in [0.25, 0.3) is 0 Å². The molecule has 0 amide bonds. The standard InChI is InChI=1S/C20H26FN3O3/c1-2-3-4-5-12(22)10-23-17-9-18-14(8-16(17)21)19(25)15(20(26)27)11-24(18)13-6-7-13/h8-9,11-13,23H,2-7,10,22H2,1H3,(H,26,27). The Kier molecular flexibility index (Phi) is 5.79. The lowest BCUT2D eigenvalue weighted by molar-refractivity contribution is 0.0695. The van der Waals surface area contributed by atoms with Crippen LogP contribution in [-0.2, 0) is 0 Å². The molecule has 2 aromatic rings. The third-order valence-corrected chi connectivity index (χ3v) is 5.02. The number of halogens is 1. The zero-order valence-corrected chi connectivity index (χ0v) is 15.5. The van der Waals surface area contributed by atoms with Gasteiger partial charge in [-0.05, 0) is 31.4 Å². The molecule has 7 heteroatoms. The first-order valence-electron chi connectivity index (χ1n) is 9.53. The molecule has 1 aromatic carbocycles. The van der Waals surface area contributed by atoms with Gasteiger partial charge in [0.15, 0.2) is 0 Å². The molecule has 27 heavy (non-hydrogen) atoms. The lowest BCUT2D eigenvalue weighted by Gasteiger charge is -2.16. The number of rotatable bonds is 9. The number of unbranched alkanes of at least 4 members (excludes halogenated alkanes) is 2. The van der Waals surface area contributed by atoms with E-state index in [9.17, 15) is 19.1 Å². The van der Waals surface area contributed by atoms with E-state index in [1.807, 2.05) is 0 Å². The van der Waals surface area contributed by atoms with Crippen molar-refractivity contribution in [3.8, 4) is 0 Å². The molecule has 0 spiro atoms. The zero-order chi connectivity index (χ0) is 19.6. The minimum atomic E-state index is -1.29. The van der Waals surface area contributed by atoms with E-state index in [0.29, 0.717) is 12.1 Å². The van der Waals surface area contributed by atoms with Gasteiger partial charge in [-0.25, -0.2) is 9.18 Å². The molecule has 0 saturated heterocycles. The van der Waals surface area contributed by atoms with Crippen LogP contribution in [0.2, 0.25) is 0 Å². The Morgan fingerprint density at radius 1 is 1.41 bits per heavy atom. The number of carbonyl (C=O) groups is 1. The number of pyridine rings is 1. The van der Waals surface area contributed by atoms with Crippen molar-refractivity contribution in [2.45, 2.75) is 57.5 Å². The van der Waals surface area contributed by atoms with Crippen molar-refractivity contribution in [1.82, 2.24) is 4.57 Å². The molecule has 0 aliphatic heterocycles. The Hall–Kier alpha value is -2.41. The highest BCUT2D eigenvalue weighted by Crippen LogP contribution is 2.37. The third kappa shape index (κ3) is 4.30. The number of benzene rings is 1. The van der Waals surface area contributed by atoms with E-state index in [1.165, 1.54) is 6.20 Å². The molecule has 0 radical (unpaired) electrons. The van der Waals surface area contributed by atoms with E-state index >= 15 is 0 Å². The van der Waals surface area contributed by atoms with Crippen LogP contribution in [0.25, 0.3) is 10.9 Å². The maximum Gasteiger partial charge on any atom is 0.341 e. The maximum absolute atomic E-state index is 14.5. The van der Waals surface area contributed by atoms with Crippen LogP contribution in [0.15, 0.2) is 23.1 Å². The van der Waals surface area contributed by atoms with E-state index in [2.05, 4.69) is 12.2 Å². The molecule has 6 nitrogen and oxygen atoms in total. The van der Waals surface area contributed by atoms with Gasteiger partial charge in [0.2, 0.25) is 5.43 Å². The summed E-state index contributed by atoms with van der Waals surface area (Å²) < 4.78 is 16.3. The van der Waals surface area contributed by atoms with Crippen LogP contribution in [0.5, 0.6) is 0 Å². The summed E-state index contributed by atoms with van der Waals surface area (Å²) in [5, 5.41) is 12.4. The van der Waals surface area contributed by atoms with Crippen molar-refractivity contribution in [2.24, 2.45) is 5.73 Å². The monoisotopic (exact) mass is 375 g/mol. The van der Waals surface area contributed by atoms with Gasteiger partial charge in [0.05, 0.1) is 11.2 Å². The van der Waals surface area contributed by atoms with E-state index in [0.717, 1.165) is 44.6 Å². The Balaban J connectivity index is 1.91. The highest BCUT2D eigenvalue weighted by molar-refractivity contribution is 5.93. The zero-order valence-electron chi connectivity index (χ0n) is 15.5. The number of hydrogen-bond acceptors (Lipinski definition) is 4. The van der Waals surface area contributed by atoms with Gasteiger partial charge < -0.3 is 20.7 Å². The van der Waals surface area contributed by atoms with Crippen molar-refractivity contribution in [3.05, 3.63) is 39.9 Å². The van der Waals surface area contributed by atoms with E-state index in [-0.39, 0.29) is 28.7 Å². The fourth-order valence-electron chi connectivity index (χ4n) is 3.31. The molecule has 146 valence electrons. The number of aromatic carboxylic acids is 1. The molecule has 1 aromatic heterocycles. The van der Waals surface area contributed by atoms with Gasteiger partial charge in [-0.3, -0.25) is 4.79 Å². The Bertz CT molecular complexity index is 905. The second-order valence-electron chi connectivity index (χ2n) is 7.30. The van der Waals surface area contributed by atoms with Crippen LogP contribution in [0, 0.1) is 5.82 Å². The summed E-state index contributed by atoms with van der Waals surface area (Å²) >= 11 is 0. The topological polar surface area (TPSA) is 97.3 Å². The summed E-state index contributed by atoms with van der Waals surface area (Å²) in [6.45, 7) is 2.57. The van der Waals surface area contributed by atoms with Crippen LogP contribution in [0.3, 0.4) is 0 Å². The van der Waals surface area contributed by atoms with Gasteiger partial charge >= 0.3 is 5.97 Å². The quantitative estimate of drug-likeness (QED) is 0.583. The second kappa shape index (κ2) is 8.08. The van der Waals surface area contributed by atoms with Crippen LogP contribution in [0.4, 0.5) is 10.1 Å². The number of carboxylic acid groups (broad SMARTS) is 1. The average molecular weight is 375 g/mol. The predicted octanol–water partition coefficient (Wildman–Crippen LogP) is 3.49. The highest BCUT2D eigenvalue weighted by Gasteiger charge is 2.27. The van der Waals surface area contributed by atoms with Crippen molar-refractivity contribution >= 4 is 22.6 Å². The minimum absolute atomic E-state index is 0.0772. The molecule has 1 aliphatic carbocycles. The number of nitrogens with zero attached hydrogens (tertiary/aromatic N) is 1. The molecule has 1 unspecified atom stereocenters. The molecular formula is C20H26FN3O3. The first-order valence-corrected chi connectivity index (χ1v) is 9.53. The number of nitrogens with one attached hydrogen (secondary N) is 1. The van der Waals surface area contributed by atoms with Crippen molar-refractivity contribution in [1.29, 1.82) is 0 Å². The summed E-state index contributed by atoms with van der Waals surface area (Å²) in [6.07, 6.45) is 7.36. The third-order valence-electron chi connectivity index (χ3n) is 5.02. The smallest absolute Gasteiger partial charge is 0.341 e. The molecule has 3 rings (SSSR count). The largest absolute Gasteiger partial charge is 0.477 e. The summed E-state index contributed by atoms with van der Waals surface area (Å²) in [6, 6.07) is 2.80.